The number of rotatable bonds is 2. The van der Waals surface area contributed by atoms with Crippen molar-refractivity contribution in [1.29, 1.82) is 0 Å². The number of hydrogen-bond acceptors (Lipinski definition) is 2. The van der Waals surface area contributed by atoms with E-state index in [4.69, 9.17) is 4.98 Å². The second kappa shape index (κ2) is 7.12. The molecular formula is C26H27N3O. The van der Waals surface area contributed by atoms with Crippen LogP contribution in [-0.4, -0.2) is 20.4 Å². The van der Waals surface area contributed by atoms with E-state index in [1.165, 1.54) is 59.8 Å². The van der Waals surface area contributed by atoms with Crippen LogP contribution in [0.2, 0.25) is 0 Å². The summed E-state index contributed by atoms with van der Waals surface area (Å²) in [5.74, 6) is 1.69. The Kier molecular flexibility index (Phi) is 4.26. The van der Waals surface area contributed by atoms with Gasteiger partial charge in [-0.25, -0.2) is 4.98 Å². The van der Waals surface area contributed by atoms with E-state index in [0.717, 1.165) is 49.1 Å². The summed E-state index contributed by atoms with van der Waals surface area (Å²) in [5, 5.41) is 1.32. The highest BCUT2D eigenvalue weighted by atomic mass is 16.1. The minimum atomic E-state index is 0.576. The summed E-state index contributed by atoms with van der Waals surface area (Å²) in [6.07, 6.45) is 9.70. The highest BCUT2D eigenvalue weighted by Gasteiger charge is 2.30. The standard InChI is InChI=1S/C26H27N3O/c30-17-18-12-13-20-23(16-18)28-14-6-7-15-29-22-11-5-4-10-21(22)27-26(29)25(28)24(20)19-8-2-1-3-9-19/h4-5,10-13,16-17,19H,1-3,6-9,14-15H2. The normalized spacial score (nSPS) is 17.5. The van der Waals surface area contributed by atoms with Crippen molar-refractivity contribution >= 4 is 28.2 Å². The summed E-state index contributed by atoms with van der Waals surface area (Å²) >= 11 is 0. The van der Waals surface area contributed by atoms with E-state index in [1.54, 1.807) is 0 Å². The van der Waals surface area contributed by atoms with Crippen molar-refractivity contribution in [3.8, 4) is 11.5 Å². The first kappa shape index (κ1) is 17.9. The van der Waals surface area contributed by atoms with Crippen molar-refractivity contribution in [3.63, 3.8) is 0 Å². The maximum Gasteiger partial charge on any atom is 0.158 e. The Hall–Kier alpha value is -2.88. The van der Waals surface area contributed by atoms with Gasteiger partial charge < -0.3 is 9.13 Å². The smallest absolute Gasteiger partial charge is 0.158 e. The number of benzene rings is 2. The molecule has 1 fully saturated rings. The molecule has 2 aromatic heterocycles. The number of imidazole rings is 1. The van der Waals surface area contributed by atoms with Gasteiger partial charge in [-0.1, -0.05) is 43.5 Å². The van der Waals surface area contributed by atoms with Crippen LogP contribution >= 0.6 is 0 Å². The van der Waals surface area contributed by atoms with Gasteiger partial charge in [0, 0.05) is 29.6 Å². The Labute approximate surface area is 176 Å². The van der Waals surface area contributed by atoms with Crippen LogP contribution in [0.3, 0.4) is 0 Å². The summed E-state index contributed by atoms with van der Waals surface area (Å²) in [6.45, 7) is 2.01. The molecule has 0 spiro atoms. The quantitative estimate of drug-likeness (QED) is 0.372. The molecule has 4 aromatic rings. The molecular weight excluding hydrogens is 370 g/mol. The van der Waals surface area contributed by atoms with Gasteiger partial charge in [-0.05, 0) is 55.4 Å². The van der Waals surface area contributed by atoms with Crippen LogP contribution in [0.1, 0.15) is 66.8 Å². The molecule has 0 saturated heterocycles. The number of aromatic nitrogens is 3. The van der Waals surface area contributed by atoms with Crippen LogP contribution in [0.4, 0.5) is 0 Å². The first-order chi connectivity index (χ1) is 14.8. The lowest BCUT2D eigenvalue weighted by Crippen LogP contribution is -2.13. The first-order valence-electron chi connectivity index (χ1n) is 11.4. The molecule has 30 heavy (non-hydrogen) atoms. The monoisotopic (exact) mass is 397 g/mol. The lowest BCUT2D eigenvalue weighted by atomic mass is 9.82. The lowest BCUT2D eigenvalue weighted by molar-refractivity contribution is 0.112. The van der Waals surface area contributed by atoms with Crippen molar-refractivity contribution in [3.05, 3.63) is 53.6 Å². The molecule has 0 bridgehead atoms. The third-order valence-corrected chi connectivity index (χ3v) is 7.16. The summed E-state index contributed by atoms with van der Waals surface area (Å²) in [7, 11) is 0. The Morgan fingerprint density at radius 3 is 2.50 bits per heavy atom. The second-order valence-electron chi connectivity index (χ2n) is 8.93. The number of nitrogens with zero attached hydrogens (tertiary/aromatic N) is 3. The summed E-state index contributed by atoms with van der Waals surface area (Å²) < 4.78 is 4.91. The number of hydrogen-bond donors (Lipinski definition) is 0. The van der Waals surface area contributed by atoms with E-state index < -0.39 is 0 Å². The zero-order valence-electron chi connectivity index (χ0n) is 17.3. The summed E-state index contributed by atoms with van der Waals surface area (Å²) in [5.41, 5.74) is 7.05. The first-order valence-corrected chi connectivity index (χ1v) is 11.4. The van der Waals surface area contributed by atoms with Crippen molar-refractivity contribution in [2.24, 2.45) is 0 Å². The van der Waals surface area contributed by atoms with Crippen LogP contribution in [0.5, 0.6) is 0 Å². The maximum atomic E-state index is 11.5. The van der Waals surface area contributed by atoms with E-state index in [2.05, 4.69) is 45.5 Å². The van der Waals surface area contributed by atoms with Gasteiger partial charge in [-0.15, -0.1) is 0 Å². The molecule has 3 heterocycles. The SMILES string of the molecule is O=Cc1ccc2c(C3CCCCC3)c3n(c2c1)CCCCn1c-3nc2ccccc21. The molecule has 0 amide bonds. The Bertz CT molecular complexity index is 1260. The van der Waals surface area contributed by atoms with Gasteiger partial charge in [0.25, 0.3) is 0 Å². The molecule has 2 aliphatic rings. The maximum absolute atomic E-state index is 11.5. The van der Waals surface area contributed by atoms with E-state index in [0.29, 0.717) is 5.92 Å². The summed E-state index contributed by atoms with van der Waals surface area (Å²) in [6, 6.07) is 14.8. The molecule has 0 N–H and O–H groups in total. The van der Waals surface area contributed by atoms with Crippen LogP contribution < -0.4 is 0 Å². The Balaban J connectivity index is 1.72. The van der Waals surface area contributed by atoms with Gasteiger partial charge in [-0.3, -0.25) is 4.79 Å². The molecule has 0 atom stereocenters. The second-order valence-corrected chi connectivity index (χ2v) is 8.93. The van der Waals surface area contributed by atoms with E-state index in [-0.39, 0.29) is 0 Å². The molecule has 0 radical (unpaired) electrons. The van der Waals surface area contributed by atoms with E-state index in [9.17, 15) is 4.79 Å². The minimum Gasteiger partial charge on any atom is -0.338 e. The number of para-hydroxylation sites is 2. The van der Waals surface area contributed by atoms with Crippen molar-refractivity contribution in [2.75, 3.05) is 0 Å². The predicted molar refractivity (Wildman–Crippen MR) is 121 cm³/mol. The van der Waals surface area contributed by atoms with E-state index in [1.807, 2.05) is 6.07 Å². The van der Waals surface area contributed by atoms with E-state index >= 15 is 0 Å². The number of carbonyl (C=O) groups is 1. The molecule has 2 aromatic carbocycles. The summed E-state index contributed by atoms with van der Waals surface area (Å²) in [4.78, 5) is 16.7. The van der Waals surface area contributed by atoms with Gasteiger partial charge in [-0.2, -0.15) is 0 Å². The largest absolute Gasteiger partial charge is 0.338 e. The molecule has 1 aliphatic carbocycles. The molecule has 4 nitrogen and oxygen atoms in total. The van der Waals surface area contributed by atoms with Crippen molar-refractivity contribution in [2.45, 2.75) is 64.0 Å². The third kappa shape index (κ3) is 2.66. The minimum absolute atomic E-state index is 0.576. The zero-order valence-corrected chi connectivity index (χ0v) is 17.3. The molecule has 0 unspecified atom stereocenters. The van der Waals surface area contributed by atoms with Crippen molar-refractivity contribution in [1.82, 2.24) is 14.1 Å². The van der Waals surface area contributed by atoms with Crippen LogP contribution in [0.25, 0.3) is 33.5 Å². The number of aryl methyl sites for hydroxylation is 2. The topological polar surface area (TPSA) is 39.8 Å². The van der Waals surface area contributed by atoms with Crippen LogP contribution in [-0.2, 0) is 13.1 Å². The van der Waals surface area contributed by atoms with Crippen LogP contribution in [0, 0.1) is 0 Å². The van der Waals surface area contributed by atoms with Gasteiger partial charge in [0.1, 0.15) is 6.29 Å². The fraction of sp³-hybridized carbons (Fsp3) is 0.385. The highest BCUT2D eigenvalue weighted by Crippen LogP contribution is 2.45. The molecule has 6 rings (SSSR count). The molecule has 152 valence electrons. The fourth-order valence-corrected chi connectivity index (χ4v) is 5.77. The van der Waals surface area contributed by atoms with Gasteiger partial charge in [0.2, 0.25) is 0 Å². The fourth-order valence-electron chi connectivity index (χ4n) is 5.77. The Morgan fingerprint density at radius 2 is 1.67 bits per heavy atom. The van der Waals surface area contributed by atoms with Gasteiger partial charge in [0.15, 0.2) is 5.82 Å². The number of aldehydes is 1. The van der Waals surface area contributed by atoms with Crippen molar-refractivity contribution < 1.29 is 4.79 Å². The average molecular weight is 398 g/mol. The lowest BCUT2D eigenvalue weighted by Gasteiger charge is -2.24. The zero-order chi connectivity index (χ0) is 20.1. The Morgan fingerprint density at radius 1 is 0.867 bits per heavy atom. The highest BCUT2D eigenvalue weighted by molar-refractivity contribution is 5.96. The third-order valence-electron chi connectivity index (χ3n) is 7.16. The predicted octanol–water partition coefficient (Wildman–Crippen LogP) is 6.31. The van der Waals surface area contributed by atoms with Gasteiger partial charge >= 0.3 is 0 Å². The molecule has 1 aliphatic heterocycles. The molecule has 1 saturated carbocycles. The number of fused-ring (bicyclic) bond motifs is 7. The average Bonchev–Trinajstić information content (AvgIpc) is 3.30. The number of carbonyl (C=O) groups excluding carboxylic acids is 1. The molecule has 4 heteroatoms. The van der Waals surface area contributed by atoms with Gasteiger partial charge in [0.05, 0.1) is 16.7 Å². The van der Waals surface area contributed by atoms with Crippen LogP contribution in [0.15, 0.2) is 42.5 Å².